The van der Waals surface area contributed by atoms with Crippen LogP contribution in [0.1, 0.15) is 33.5 Å². The summed E-state index contributed by atoms with van der Waals surface area (Å²) >= 11 is 1.40. The van der Waals surface area contributed by atoms with Crippen molar-refractivity contribution in [2.24, 2.45) is 0 Å². The van der Waals surface area contributed by atoms with Crippen molar-refractivity contribution in [2.75, 3.05) is 24.6 Å². The molecule has 5 heteroatoms. The van der Waals surface area contributed by atoms with Crippen LogP contribution in [0, 0.1) is 0 Å². The molecule has 0 saturated carbocycles. The fraction of sp³-hybridized carbons (Fsp3) is 0.800. The lowest BCUT2D eigenvalue weighted by Crippen LogP contribution is -2.26. The fourth-order valence-corrected chi connectivity index (χ4v) is 2.10. The Labute approximate surface area is 95.1 Å². The van der Waals surface area contributed by atoms with Crippen molar-refractivity contribution in [3.8, 4) is 0 Å². The molecule has 0 aliphatic heterocycles. The van der Waals surface area contributed by atoms with Gasteiger partial charge in [0.1, 0.15) is 5.82 Å². The zero-order valence-corrected chi connectivity index (χ0v) is 10.6. The average molecular weight is 229 g/mol. The molecule has 1 heterocycles. The average Bonchev–Trinajstić information content (AvgIpc) is 2.62. The van der Waals surface area contributed by atoms with Crippen LogP contribution in [0.25, 0.3) is 0 Å². The Morgan fingerprint density at radius 3 is 2.47 bits per heavy atom. The first-order valence-corrected chi connectivity index (χ1v) is 5.96. The molecule has 0 radical (unpaired) electrons. The third-order valence-electron chi connectivity index (χ3n) is 2.11. The highest BCUT2D eigenvalue weighted by molar-refractivity contribution is 7.09. The third kappa shape index (κ3) is 3.14. The lowest BCUT2D eigenvalue weighted by atomic mass is 9.96. The van der Waals surface area contributed by atoms with Crippen molar-refractivity contribution < 1.29 is 5.11 Å². The Bertz CT molecular complexity index is 306. The zero-order chi connectivity index (χ0) is 11.5. The highest BCUT2D eigenvalue weighted by Gasteiger charge is 2.20. The van der Waals surface area contributed by atoms with E-state index < -0.39 is 0 Å². The van der Waals surface area contributed by atoms with Gasteiger partial charge in [-0.1, -0.05) is 20.8 Å². The summed E-state index contributed by atoms with van der Waals surface area (Å²) in [7, 11) is 0. The van der Waals surface area contributed by atoms with Crippen molar-refractivity contribution in [1.82, 2.24) is 9.36 Å². The minimum Gasteiger partial charge on any atom is -0.395 e. The van der Waals surface area contributed by atoms with E-state index in [4.69, 9.17) is 5.11 Å². The molecule has 0 aliphatic rings. The van der Waals surface area contributed by atoms with Crippen molar-refractivity contribution in [3.63, 3.8) is 0 Å². The summed E-state index contributed by atoms with van der Waals surface area (Å²) in [5.41, 5.74) is -0.00657. The number of hydrogen-bond donors (Lipinski definition) is 1. The molecule has 0 bridgehead atoms. The largest absolute Gasteiger partial charge is 0.395 e. The second-order valence-corrected chi connectivity index (χ2v) is 5.18. The van der Waals surface area contributed by atoms with Gasteiger partial charge in [0.2, 0.25) is 5.13 Å². The van der Waals surface area contributed by atoms with Crippen molar-refractivity contribution in [2.45, 2.75) is 33.1 Å². The number of rotatable bonds is 4. The number of aromatic nitrogens is 2. The van der Waals surface area contributed by atoms with Gasteiger partial charge in [0, 0.05) is 30.0 Å². The highest BCUT2D eigenvalue weighted by Crippen LogP contribution is 2.24. The zero-order valence-electron chi connectivity index (χ0n) is 9.82. The molecule has 1 N–H and O–H groups in total. The first-order valence-electron chi connectivity index (χ1n) is 5.19. The number of aliphatic hydroxyl groups is 1. The Hall–Kier alpha value is -0.680. The van der Waals surface area contributed by atoms with Crippen molar-refractivity contribution >= 4 is 16.7 Å². The Morgan fingerprint density at radius 2 is 2.07 bits per heavy atom. The topological polar surface area (TPSA) is 49.2 Å². The standard InChI is InChI=1S/C10H19N3OS/c1-5-13(6-7-14)9-11-8(12-15-9)10(2,3)4/h14H,5-7H2,1-4H3. The summed E-state index contributed by atoms with van der Waals surface area (Å²) in [6.45, 7) is 9.96. The maximum Gasteiger partial charge on any atom is 0.205 e. The van der Waals surface area contributed by atoms with E-state index in [1.54, 1.807) is 0 Å². The molecule has 0 saturated heterocycles. The molecule has 4 nitrogen and oxygen atoms in total. The Kier molecular flexibility index (Phi) is 4.04. The monoisotopic (exact) mass is 229 g/mol. The van der Waals surface area contributed by atoms with Crippen LogP contribution < -0.4 is 4.90 Å². The van der Waals surface area contributed by atoms with E-state index in [0.29, 0.717) is 6.54 Å². The van der Waals surface area contributed by atoms with Crippen LogP contribution >= 0.6 is 11.5 Å². The van der Waals surface area contributed by atoms with Gasteiger partial charge in [-0.25, -0.2) is 4.98 Å². The van der Waals surface area contributed by atoms with Gasteiger partial charge in [0.15, 0.2) is 0 Å². The van der Waals surface area contributed by atoms with E-state index in [1.165, 1.54) is 11.5 Å². The van der Waals surface area contributed by atoms with E-state index in [1.807, 2.05) is 11.8 Å². The van der Waals surface area contributed by atoms with Gasteiger partial charge in [0.05, 0.1) is 6.61 Å². The van der Waals surface area contributed by atoms with Crippen molar-refractivity contribution in [3.05, 3.63) is 5.82 Å². The molecular formula is C10H19N3OS. The normalized spacial score (nSPS) is 11.8. The molecule has 0 spiro atoms. The fourth-order valence-electron chi connectivity index (χ4n) is 1.16. The van der Waals surface area contributed by atoms with Gasteiger partial charge in [-0.15, -0.1) is 0 Å². The van der Waals surface area contributed by atoms with E-state index in [-0.39, 0.29) is 12.0 Å². The number of hydrogen-bond acceptors (Lipinski definition) is 5. The minimum absolute atomic E-state index is 0.00657. The van der Waals surface area contributed by atoms with E-state index >= 15 is 0 Å². The summed E-state index contributed by atoms with van der Waals surface area (Å²) in [4.78, 5) is 6.53. The lowest BCUT2D eigenvalue weighted by Gasteiger charge is -2.18. The summed E-state index contributed by atoms with van der Waals surface area (Å²) < 4.78 is 4.35. The predicted molar refractivity (Wildman–Crippen MR) is 63.6 cm³/mol. The first kappa shape index (κ1) is 12.4. The van der Waals surface area contributed by atoms with Crippen LogP contribution in [0.2, 0.25) is 0 Å². The molecule has 0 aromatic carbocycles. The first-order chi connectivity index (χ1) is 6.99. The van der Waals surface area contributed by atoms with Crippen molar-refractivity contribution in [1.29, 1.82) is 0 Å². The van der Waals surface area contributed by atoms with E-state index in [0.717, 1.165) is 17.5 Å². The van der Waals surface area contributed by atoms with Gasteiger partial charge in [-0.3, -0.25) is 0 Å². The molecule has 1 aromatic rings. The van der Waals surface area contributed by atoms with Crippen LogP contribution in [-0.4, -0.2) is 34.2 Å². The molecule has 15 heavy (non-hydrogen) atoms. The highest BCUT2D eigenvalue weighted by atomic mass is 32.1. The molecule has 86 valence electrons. The third-order valence-corrected chi connectivity index (χ3v) is 2.89. The maximum absolute atomic E-state index is 8.91. The van der Waals surface area contributed by atoms with E-state index in [2.05, 4.69) is 30.1 Å². The summed E-state index contributed by atoms with van der Waals surface area (Å²) in [6.07, 6.45) is 0. The Morgan fingerprint density at radius 1 is 1.40 bits per heavy atom. The smallest absolute Gasteiger partial charge is 0.205 e. The lowest BCUT2D eigenvalue weighted by molar-refractivity contribution is 0.302. The molecule has 1 rings (SSSR count). The molecular weight excluding hydrogens is 210 g/mol. The predicted octanol–water partition coefficient (Wildman–Crippen LogP) is 1.65. The summed E-state index contributed by atoms with van der Waals surface area (Å²) in [5.74, 6) is 0.874. The van der Waals surface area contributed by atoms with Gasteiger partial charge >= 0.3 is 0 Å². The van der Waals surface area contributed by atoms with Gasteiger partial charge in [-0.2, -0.15) is 4.37 Å². The van der Waals surface area contributed by atoms with Gasteiger partial charge in [-0.05, 0) is 6.92 Å². The Balaban J connectivity index is 2.82. The molecule has 0 fully saturated rings. The van der Waals surface area contributed by atoms with Crippen LogP contribution in [0.15, 0.2) is 0 Å². The minimum atomic E-state index is -0.00657. The van der Waals surface area contributed by atoms with Gasteiger partial charge < -0.3 is 10.0 Å². The number of anilines is 1. The molecule has 0 atom stereocenters. The molecule has 0 amide bonds. The second-order valence-electron chi connectivity index (χ2n) is 4.45. The SMILES string of the molecule is CCN(CCO)c1nc(C(C)(C)C)ns1. The van der Waals surface area contributed by atoms with Gasteiger partial charge in [0.25, 0.3) is 0 Å². The summed E-state index contributed by atoms with van der Waals surface area (Å²) in [6, 6.07) is 0. The quantitative estimate of drug-likeness (QED) is 0.853. The molecule has 0 unspecified atom stereocenters. The number of nitrogens with zero attached hydrogens (tertiary/aromatic N) is 3. The maximum atomic E-state index is 8.91. The van der Waals surface area contributed by atoms with Crippen LogP contribution in [-0.2, 0) is 5.41 Å². The van der Waals surface area contributed by atoms with E-state index in [9.17, 15) is 0 Å². The van der Waals surface area contributed by atoms with Crippen LogP contribution in [0.3, 0.4) is 0 Å². The second kappa shape index (κ2) is 4.90. The number of aliphatic hydroxyl groups excluding tert-OH is 1. The summed E-state index contributed by atoms with van der Waals surface area (Å²) in [5, 5.41) is 9.81. The number of likely N-dealkylation sites (N-methyl/N-ethyl adjacent to an activating group) is 1. The van der Waals surface area contributed by atoms with Crippen LogP contribution in [0.5, 0.6) is 0 Å². The molecule has 1 aromatic heterocycles. The van der Waals surface area contributed by atoms with Crippen LogP contribution in [0.4, 0.5) is 5.13 Å². The molecule has 0 aliphatic carbocycles.